The normalized spacial score (nSPS) is 14.0. The summed E-state index contributed by atoms with van der Waals surface area (Å²) in [5.74, 6) is 0.349. The van der Waals surface area contributed by atoms with E-state index in [0.29, 0.717) is 29.3 Å². The van der Waals surface area contributed by atoms with Gasteiger partial charge in [0.05, 0.1) is 11.7 Å². The smallest absolute Gasteiger partial charge is 0.229 e. The van der Waals surface area contributed by atoms with Crippen LogP contribution in [0.3, 0.4) is 0 Å². The number of nitrogens with zero attached hydrogens (tertiary/aromatic N) is 7. The second-order valence-electron chi connectivity index (χ2n) is 9.38. The van der Waals surface area contributed by atoms with Crippen LogP contribution in [0.15, 0.2) is 30.5 Å². The number of aromatic nitrogens is 5. The number of likely N-dealkylation sites (N-methyl/N-ethyl adjacent to an activating group) is 1. The lowest BCUT2D eigenvalue weighted by molar-refractivity contribution is 0.224. The van der Waals surface area contributed by atoms with E-state index in [-0.39, 0.29) is 17.2 Å². The van der Waals surface area contributed by atoms with Crippen LogP contribution < -0.4 is 5.32 Å². The van der Waals surface area contributed by atoms with Gasteiger partial charge in [0.25, 0.3) is 0 Å². The molecular formula is C26H30F2N8. The summed E-state index contributed by atoms with van der Waals surface area (Å²) in [6.07, 6.45) is 1.95. The van der Waals surface area contributed by atoms with Crippen LogP contribution in [0.2, 0.25) is 0 Å². The summed E-state index contributed by atoms with van der Waals surface area (Å²) in [6.45, 7) is 8.27. The molecule has 0 spiro atoms. The topological polar surface area (TPSA) is 75.0 Å². The number of aryl methyl sites for hydroxylation is 2. The number of benzene rings is 1. The SMILES string of the molecule is CCn1c(C)nc2c(F)cc(-c3nc(Nc4ccc5c(n4)CCN(CCN(C)C)C5)ncc3F)cc21. The number of imidazole rings is 1. The molecule has 0 unspecified atom stereocenters. The lowest BCUT2D eigenvalue weighted by atomic mass is 10.1. The summed E-state index contributed by atoms with van der Waals surface area (Å²) in [7, 11) is 4.16. The van der Waals surface area contributed by atoms with E-state index in [0.717, 1.165) is 44.5 Å². The number of fused-ring (bicyclic) bond motifs is 2. The molecule has 10 heteroatoms. The van der Waals surface area contributed by atoms with Crippen molar-refractivity contribution in [1.29, 1.82) is 0 Å². The monoisotopic (exact) mass is 492 g/mol. The van der Waals surface area contributed by atoms with Gasteiger partial charge in [-0.25, -0.2) is 28.7 Å². The van der Waals surface area contributed by atoms with E-state index in [2.05, 4.69) is 50.2 Å². The third kappa shape index (κ3) is 4.78. The van der Waals surface area contributed by atoms with Crippen LogP contribution in [0.4, 0.5) is 20.5 Å². The zero-order valence-corrected chi connectivity index (χ0v) is 21.0. The largest absolute Gasteiger partial charge is 0.328 e. The lowest BCUT2D eigenvalue weighted by Gasteiger charge is -2.29. The maximum atomic E-state index is 14.8. The Morgan fingerprint density at radius 1 is 1.08 bits per heavy atom. The number of pyridine rings is 1. The Morgan fingerprint density at radius 3 is 2.69 bits per heavy atom. The fourth-order valence-electron chi connectivity index (χ4n) is 4.65. The summed E-state index contributed by atoms with van der Waals surface area (Å²) in [4.78, 5) is 22.1. The zero-order chi connectivity index (χ0) is 25.4. The van der Waals surface area contributed by atoms with Gasteiger partial charge in [-0.05, 0) is 51.7 Å². The molecular weight excluding hydrogens is 462 g/mol. The highest BCUT2D eigenvalue weighted by atomic mass is 19.1. The Kier molecular flexibility index (Phi) is 6.63. The van der Waals surface area contributed by atoms with Crippen molar-refractivity contribution in [3.8, 4) is 11.3 Å². The number of hydrogen-bond acceptors (Lipinski definition) is 7. The third-order valence-corrected chi connectivity index (χ3v) is 6.56. The minimum Gasteiger partial charge on any atom is -0.328 e. The number of rotatable bonds is 7. The summed E-state index contributed by atoms with van der Waals surface area (Å²) in [5.41, 5.74) is 3.47. The molecule has 3 aromatic heterocycles. The van der Waals surface area contributed by atoms with E-state index in [1.807, 2.05) is 24.5 Å². The molecule has 1 N–H and O–H groups in total. The minimum absolute atomic E-state index is 0.0179. The van der Waals surface area contributed by atoms with Crippen LogP contribution in [0, 0.1) is 18.6 Å². The van der Waals surface area contributed by atoms with Crippen LogP contribution >= 0.6 is 0 Å². The standard InChI is InChI=1S/C26H30F2N8/c1-5-36-16(2)30-25-19(27)12-18(13-22(25)36)24-20(28)14-29-26(33-24)32-23-7-6-17-15-35(11-10-34(3)4)9-8-21(17)31-23/h6-7,12-14H,5,8-11,15H2,1-4H3,(H,29,31,32,33). The average Bonchev–Trinajstić information content (AvgIpc) is 3.19. The first-order valence-electron chi connectivity index (χ1n) is 12.1. The van der Waals surface area contributed by atoms with Gasteiger partial charge in [0, 0.05) is 50.4 Å². The van der Waals surface area contributed by atoms with Gasteiger partial charge < -0.3 is 14.8 Å². The van der Waals surface area contributed by atoms with Crippen LogP contribution in [0.25, 0.3) is 22.3 Å². The van der Waals surface area contributed by atoms with Crippen LogP contribution in [0.1, 0.15) is 24.0 Å². The third-order valence-electron chi connectivity index (χ3n) is 6.56. The molecule has 4 heterocycles. The molecule has 8 nitrogen and oxygen atoms in total. The van der Waals surface area contributed by atoms with Crippen molar-refractivity contribution < 1.29 is 8.78 Å². The molecule has 1 aromatic carbocycles. The van der Waals surface area contributed by atoms with Gasteiger partial charge in [-0.3, -0.25) is 4.90 Å². The Morgan fingerprint density at radius 2 is 1.92 bits per heavy atom. The van der Waals surface area contributed by atoms with E-state index < -0.39 is 11.6 Å². The van der Waals surface area contributed by atoms with E-state index in [4.69, 9.17) is 4.98 Å². The van der Waals surface area contributed by atoms with Crippen LogP contribution in [-0.4, -0.2) is 68.0 Å². The predicted molar refractivity (Wildman–Crippen MR) is 136 cm³/mol. The van der Waals surface area contributed by atoms with Crippen LogP contribution in [-0.2, 0) is 19.5 Å². The van der Waals surface area contributed by atoms with Gasteiger partial charge in [0.1, 0.15) is 22.9 Å². The summed E-state index contributed by atoms with van der Waals surface area (Å²) < 4.78 is 31.5. The van der Waals surface area contributed by atoms with E-state index in [9.17, 15) is 8.78 Å². The first kappa shape index (κ1) is 24.2. The molecule has 0 radical (unpaired) electrons. The molecule has 0 amide bonds. The molecule has 188 valence electrons. The van der Waals surface area contributed by atoms with E-state index in [1.165, 1.54) is 11.6 Å². The molecule has 1 aliphatic rings. The Labute approximate surface area is 209 Å². The van der Waals surface area contributed by atoms with E-state index >= 15 is 0 Å². The summed E-state index contributed by atoms with van der Waals surface area (Å²) in [6, 6.07) is 6.93. The highest BCUT2D eigenvalue weighted by molar-refractivity contribution is 5.83. The second kappa shape index (κ2) is 9.87. The number of hydrogen-bond donors (Lipinski definition) is 1. The molecule has 0 bridgehead atoms. The quantitative estimate of drug-likeness (QED) is 0.415. The Balaban J connectivity index is 1.40. The van der Waals surface area contributed by atoms with Crippen molar-refractivity contribution >= 4 is 22.8 Å². The summed E-state index contributed by atoms with van der Waals surface area (Å²) in [5, 5.41) is 3.09. The molecule has 0 fully saturated rings. The van der Waals surface area contributed by atoms with Crippen molar-refractivity contribution in [3.63, 3.8) is 0 Å². The molecule has 36 heavy (non-hydrogen) atoms. The van der Waals surface area contributed by atoms with Gasteiger partial charge >= 0.3 is 0 Å². The van der Waals surface area contributed by atoms with Crippen molar-refractivity contribution in [2.24, 2.45) is 0 Å². The Hall–Kier alpha value is -3.50. The van der Waals surface area contributed by atoms with Crippen molar-refractivity contribution in [2.45, 2.75) is 33.4 Å². The summed E-state index contributed by atoms with van der Waals surface area (Å²) >= 11 is 0. The van der Waals surface area contributed by atoms with Gasteiger partial charge in [-0.1, -0.05) is 6.07 Å². The van der Waals surface area contributed by atoms with Gasteiger partial charge in [0.2, 0.25) is 5.95 Å². The first-order valence-corrected chi connectivity index (χ1v) is 12.1. The average molecular weight is 493 g/mol. The predicted octanol–water partition coefficient (Wildman–Crippen LogP) is 4.16. The molecule has 0 saturated heterocycles. The first-order chi connectivity index (χ1) is 17.3. The molecule has 1 aliphatic heterocycles. The molecule has 0 atom stereocenters. The number of halogens is 2. The molecule has 5 rings (SSSR count). The maximum absolute atomic E-state index is 14.8. The highest BCUT2D eigenvalue weighted by Crippen LogP contribution is 2.29. The highest BCUT2D eigenvalue weighted by Gasteiger charge is 2.19. The van der Waals surface area contributed by atoms with Gasteiger partial charge in [-0.2, -0.15) is 0 Å². The zero-order valence-electron chi connectivity index (χ0n) is 21.0. The number of nitrogens with one attached hydrogen (secondary N) is 1. The molecule has 4 aromatic rings. The fourth-order valence-corrected chi connectivity index (χ4v) is 4.65. The maximum Gasteiger partial charge on any atom is 0.229 e. The second-order valence-corrected chi connectivity index (χ2v) is 9.38. The van der Waals surface area contributed by atoms with E-state index in [1.54, 1.807) is 6.07 Å². The molecule has 0 saturated carbocycles. The minimum atomic E-state index is -0.630. The number of anilines is 2. The van der Waals surface area contributed by atoms with Gasteiger partial charge in [0.15, 0.2) is 11.6 Å². The van der Waals surface area contributed by atoms with Gasteiger partial charge in [-0.15, -0.1) is 0 Å². The molecule has 0 aliphatic carbocycles. The van der Waals surface area contributed by atoms with Crippen molar-refractivity contribution in [2.75, 3.05) is 39.0 Å². The Bertz CT molecular complexity index is 1420. The van der Waals surface area contributed by atoms with Crippen molar-refractivity contribution in [1.82, 2.24) is 34.3 Å². The van der Waals surface area contributed by atoms with Crippen LogP contribution in [0.5, 0.6) is 0 Å². The fraction of sp³-hybridized carbons (Fsp3) is 0.385. The lowest BCUT2D eigenvalue weighted by Crippen LogP contribution is -2.36. The van der Waals surface area contributed by atoms with Crippen molar-refractivity contribution in [3.05, 3.63) is 59.2 Å².